The van der Waals surface area contributed by atoms with Crippen molar-refractivity contribution in [3.63, 3.8) is 0 Å². The van der Waals surface area contributed by atoms with Crippen LogP contribution < -0.4 is 10.5 Å². The second kappa shape index (κ2) is 5.65. The number of aromatic nitrogens is 2. The number of nitrogens with two attached hydrogens (primary N) is 1. The molecule has 0 aliphatic carbocycles. The van der Waals surface area contributed by atoms with Crippen molar-refractivity contribution in [3.05, 3.63) is 42.4 Å². The monoisotopic (exact) mass is 247 g/mol. The Morgan fingerprint density at radius 2 is 1.94 bits per heavy atom. The maximum absolute atomic E-state index is 5.46. The van der Waals surface area contributed by atoms with Crippen molar-refractivity contribution < 1.29 is 4.74 Å². The fourth-order valence-corrected chi connectivity index (χ4v) is 1.99. The second-order valence-electron chi connectivity index (χ2n) is 3.33. The van der Waals surface area contributed by atoms with Gasteiger partial charge in [-0.25, -0.2) is 4.98 Å². The summed E-state index contributed by atoms with van der Waals surface area (Å²) in [6.45, 7) is 0.417. The number of rotatable bonds is 4. The van der Waals surface area contributed by atoms with Gasteiger partial charge in [0, 0.05) is 11.4 Å². The van der Waals surface area contributed by atoms with Gasteiger partial charge in [-0.05, 0) is 24.3 Å². The van der Waals surface area contributed by atoms with Crippen molar-refractivity contribution >= 4 is 11.8 Å². The van der Waals surface area contributed by atoms with Gasteiger partial charge in [0.25, 0.3) is 0 Å². The Hall–Kier alpha value is -1.59. The zero-order valence-electron chi connectivity index (χ0n) is 9.46. The van der Waals surface area contributed by atoms with E-state index in [0.29, 0.717) is 6.54 Å². The van der Waals surface area contributed by atoms with Crippen LogP contribution in [0.3, 0.4) is 0 Å². The van der Waals surface area contributed by atoms with Crippen LogP contribution in [0.2, 0.25) is 0 Å². The molecule has 0 atom stereocenters. The van der Waals surface area contributed by atoms with E-state index in [1.54, 1.807) is 31.3 Å². The highest BCUT2D eigenvalue weighted by Crippen LogP contribution is 2.26. The van der Waals surface area contributed by atoms with Crippen LogP contribution in [0.1, 0.15) is 5.69 Å². The SMILES string of the molecule is COc1ccc(Sc2cnc(CN)cn2)cc1. The molecule has 0 aliphatic rings. The molecule has 2 aromatic rings. The quantitative estimate of drug-likeness (QED) is 0.896. The van der Waals surface area contributed by atoms with Crippen molar-refractivity contribution in [2.75, 3.05) is 7.11 Å². The molecular formula is C12H13N3OS. The third-order valence-corrected chi connectivity index (χ3v) is 3.10. The Morgan fingerprint density at radius 1 is 1.18 bits per heavy atom. The van der Waals surface area contributed by atoms with Gasteiger partial charge >= 0.3 is 0 Å². The lowest BCUT2D eigenvalue weighted by molar-refractivity contribution is 0.414. The number of benzene rings is 1. The summed E-state index contributed by atoms with van der Waals surface area (Å²) in [5, 5.41) is 0.854. The lowest BCUT2D eigenvalue weighted by Gasteiger charge is -2.03. The standard InChI is InChI=1S/C12H13N3OS/c1-16-10-2-4-11(5-3-10)17-12-8-14-9(6-13)7-15-12/h2-5,7-8H,6,13H2,1H3. The minimum absolute atomic E-state index is 0.417. The van der Waals surface area contributed by atoms with Gasteiger partial charge in [0.05, 0.1) is 25.2 Å². The Balaban J connectivity index is 2.08. The summed E-state index contributed by atoms with van der Waals surface area (Å²) < 4.78 is 5.10. The summed E-state index contributed by atoms with van der Waals surface area (Å²) >= 11 is 1.56. The van der Waals surface area contributed by atoms with Gasteiger partial charge < -0.3 is 10.5 Å². The molecule has 4 nitrogen and oxygen atoms in total. The van der Waals surface area contributed by atoms with E-state index in [1.165, 1.54) is 0 Å². The molecule has 5 heteroatoms. The fourth-order valence-electron chi connectivity index (χ4n) is 1.27. The summed E-state index contributed by atoms with van der Waals surface area (Å²) in [7, 11) is 1.65. The molecule has 1 aromatic carbocycles. The molecule has 0 bridgehead atoms. The van der Waals surface area contributed by atoms with Gasteiger partial charge in [0.15, 0.2) is 0 Å². The molecule has 2 rings (SSSR count). The van der Waals surface area contributed by atoms with Crippen molar-refractivity contribution in [3.8, 4) is 5.75 Å². The minimum Gasteiger partial charge on any atom is -0.497 e. The molecule has 0 amide bonds. The van der Waals surface area contributed by atoms with Gasteiger partial charge in [0.2, 0.25) is 0 Å². The van der Waals surface area contributed by atoms with E-state index < -0.39 is 0 Å². The van der Waals surface area contributed by atoms with Crippen molar-refractivity contribution in [2.45, 2.75) is 16.5 Å². The van der Waals surface area contributed by atoms with Gasteiger partial charge in [0.1, 0.15) is 10.8 Å². The summed E-state index contributed by atoms with van der Waals surface area (Å²) in [6, 6.07) is 7.82. The smallest absolute Gasteiger partial charge is 0.119 e. The highest BCUT2D eigenvalue weighted by Gasteiger charge is 2.00. The van der Waals surface area contributed by atoms with Gasteiger partial charge in [-0.15, -0.1) is 0 Å². The Kier molecular flexibility index (Phi) is 3.95. The van der Waals surface area contributed by atoms with E-state index in [2.05, 4.69) is 9.97 Å². The van der Waals surface area contributed by atoms with Crippen LogP contribution in [-0.4, -0.2) is 17.1 Å². The van der Waals surface area contributed by atoms with Crippen LogP contribution in [0.15, 0.2) is 46.6 Å². The molecule has 0 unspecified atom stereocenters. The van der Waals surface area contributed by atoms with Crippen LogP contribution in [0.25, 0.3) is 0 Å². The average molecular weight is 247 g/mol. The summed E-state index contributed by atoms with van der Waals surface area (Å²) in [5.74, 6) is 0.846. The zero-order valence-corrected chi connectivity index (χ0v) is 10.3. The molecule has 0 spiro atoms. The van der Waals surface area contributed by atoms with Crippen molar-refractivity contribution in [1.82, 2.24) is 9.97 Å². The Morgan fingerprint density at radius 3 is 2.47 bits per heavy atom. The fraction of sp³-hybridized carbons (Fsp3) is 0.167. The first-order chi connectivity index (χ1) is 8.31. The zero-order chi connectivity index (χ0) is 12.1. The number of nitrogens with zero attached hydrogens (tertiary/aromatic N) is 2. The molecule has 2 N–H and O–H groups in total. The molecule has 88 valence electrons. The predicted molar refractivity (Wildman–Crippen MR) is 67.0 cm³/mol. The molecule has 1 aromatic heterocycles. The van der Waals surface area contributed by atoms with Crippen LogP contribution in [0, 0.1) is 0 Å². The normalized spacial score (nSPS) is 10.2. The number of hydrogen-bond acceptors (Lipinski definition) is 5. The molecule has 1 heterocycles. The summed E-state index contributed by atoms with van der Waals surface area (Å²) in [4.78, 5) is 9.57. The third kappa shape index (κ3) is 3.18. The molecule has 0 radical (unpaired) electrons. The Labute approximate surface area is 104 Å². The van der Waals surface area contributed by atoms with Crippen LogP contribution in [0.5, 0.6) is 5.75 Å². The van der Waals surface area contributed by atoms with Gasteiger partial charge in [-0.2, -0.15) is 0 Å². The molecular weight excluding hydrogens is 234 g/mol. The van der Waals surface area contributed by atoms with E-state index in [-0.39, 0.29) is 0 Å². The van der Waals surface area contributed by atoms with Crippen LogP contribution in [-0.2, 0) is 6.54 Å². The summed E-state index contributed by atoms with van der Waals surface area (Å²) in [5.41, 5.74) is 6.26. The highest BCUT2D eigenvalue weighted by molar-refractivity contribution is 7.99. The van der Waals surface area contributed by atoms with Crippen molar-refractivity contribution in [1.29, 1.82) is 0 Å². The predicted octanol–water partition coefficient (Wildman–Crippen LogP) is 2.10. The highest BCUT2D eigenvalue weighted by atomic mass is 32.2. The van der Waals surface area contributed by atoms with E-state index in [0.717, 1.165) is 21.4 Å². The number of methoxy groups -OCH3 is 1. The first kappa shape index (κ1) is 11.9. The minimum atomic E-state index is 0.417. The molecule has 0 fully saturated rings. The first-order valence-corrected chi connectivity index (χ1v) is 5.96. The number of ether oxygens (including phenoxy) is 1. The van der Waals surface area contributed by atoms with Crippen LogP contribution in [0.4, 0.5) is 0 Å². The number of hydrogen-bond donors (Lipinski definition) is 1. The second-order valence-corrected chi connectivity index (χ2v) is 4.42. The molecule has 17 heavy (non-hydrogen) atoms. The molecule has 0 aliphatic heterocycles. The van der Waals surface area contributed by atoms with E-state index in [1.807, 2.05) is 24.3 Å². The third-order valence-electron chi connectivity index (χ3n) is 2.17. The van der Waals surface area contributed by atoms with Crippen molar-refractivity contribution in [2.24, 2.45) is 5.73 Å². The first-order valence-electron chi connectivity index (χ1n) is 5.14. The maximum Gasteiger partial charge on any atom is 0.119 e. The van der Waals surface area contributed by atoms with Gasteiger partial charge in [-0.1, -0.05) is 11.8 Å². The topological polar surface area (TPSA) is 61.0 Å². The molecule has 0 saturated carbocycles. The van der Waals surface area contributed by atoms with E-state index in [4.69, 9.17) is 10.5 Å². The lowest BCUT2D eigenvalue weighted by atomic mass is 10.3. The van der Waals surface area contributed by atoms with Crippen LogP contribution >= 0.6 is 11.8 Å². The van der Waals surface area contributed by atoms with E-state index in [9.17, 15) is 0 Å². The van der Waals surface area contributed by atoms with Gasteiger partial charge in [-0.3, -0.25) is 4.98 Å². The molecule has 0 saturated heterocycles. The Bertz CT molecular complexity index is 425. The lowest BCUT2D eigenvalue weighted by Crippen LogP contribution is -1.99. The average Bonchev–Trinajstić information content (AvgIpc) is 2.40. The maximum atomic E-state index is 5.46. The largest absolute Gasteiger partial charge is 0.497 e. The summed E-state index contributed by atoms with van der Waals surface area (Å²) in [6.07, 6.45) is 3.43. The van der Waals surface area contributed by atoms with E-state index >= 15 is 0 Å².